The maximum absolute atomic E-state index is 8.82. The molecule has 1 aromatic carbocycles. The second kappa shape index (κ2) is 7.26. The Morgan fingerprint density at radius 3 is 2.75 bits per heavy atom. The highest BCUT2D eigenvalue weighted by molar-refractivity contribution is 9.10. The second-order valence-electron chi connectivity index (χ2n) is 3.52. The molecule has 0 unspecified atom stereocenters. The molecule has 4 heteroatoms. The molecule has 0 heterocycles. The fourth-order valence-electron chi connectivity index (χ4n) is 1.35. The predicted octanol–water partition coefficient (Wildman–Crippen LogP) is 2.73. The minimum absolute atomic E-state index is 0.665. The van der Waals surface area contributed by atoms with Crippen LogP contribution >= 0.6 is 15.9 Å². The minimum atomic E-state index is 0.665. The second-order valence-corrected chi connectivity index (χ2v) is 4.43. The maximum Gasteiger partial charge on any atom is 0.0992 e. The molecular formula is C12H16BrN3. The molecule has 0 atom stereocenters. The lowest BCUT2D eigenvalue weighted by Gasteiger charge is -2.08. The van der Waals surface area contributed by atoms with Gasteiger partial charge in [-0.05, 0) is 31.2 Å². The van der Waals surface area contributed by atoms with Crippen molar-refractivity contribution in [1.82, 2.24) is 5.32 Å². The first-order valence-electron chi connectivity index (χ1n) is 5.41. The van der Waals surface area contributed by atoms with Gasteiger partial charge in [0, 0.05) is 23.2 Å². The third kappa shape index (κ3) is 4.65. The van der Waals surface area contributed by atoms with Crippen molar-refractivity contribution < 1.29 is 0 Å². The topological polar surface area (TPSA) is 47.8 Å². The number of hydrogen-bond donors (Lipinski definition) is 2. The van der Waals surface area contributed by atoms with E-state index in [1.807, 2.05) is 12.1 Å². The van der Waals surface area contributed by atoms with Crippen LogP contribution in [0.2, 0.25) is 0 Å². The Labute approximate surface area is 105 Å². The molecule has 2 N–H and O–H groups in total. The quantitative estimate of drug-likeness (QED) is 0.789. The Bertz CT molecular complexity index is 371. The molecule has 0 saturated heterocycles. The summed E-state index contributed by atoms with van der Waals surface area (Å²) in [7, 11) is 0. The largest absolute Gasteiger partial charge is 0.384 e. The van der Waals surface area contributed by atoms with Crippen LogP contribution in [0.4, 0.5) is 5.69 Å². The lowest BCUT2D eigenvalue weighted by Crippen LogP contribution is -2.22. The summed E-state index contributed by atoms with van der Waals surface area (Å²) in [5.41, 5.74) is 1.64. The lowest BCUT2D eigenvalue weighted by molar-refractivity contribution is 0.688. The highest BCUT2D eigenvalue weighted by Gasteiger charge is 1.98. The molecule has 0 aliphatic heterocycles. The fourth-order valence-corrected chi connectivity index (χ4v) is 1.85. The molecule has 86 valence electrons. The van der Waals surface area contributed by atoms with Gasteiger partial charge in [0.05, 0.1) is 11.6 Å². The van der Waals surface area contributed by atoms with Crippen LogP contribution in [0, 0.1) is 11.3 Å². The number of nitrogens with one attached hydrogen (secondary N) is 2. The number of benzene rings is 1. The summed E-state index contributed by atoms with van der Waals surface area (Å²) in [4.78, 5) is 0. The molecule has 0 radical (unpaired) electrons. The first-order chi connectivity index (χ1) is 7.76. The van der Waals surface area contributed by atoms with Crippen LogP contribution in [0.5, 0.6) is 0 Å². The van der Waals surface area contributed by atoms with E-state index in [2.05, 4.69) is 39.6 Å². The van der Waals surface area contributed by atoms with E-state index in [1.54, 1.807) is 6.07 Å². The smallest absolute Gasteiger partial charge is 0.0992 e. The van der Waals surface area contributed by atoms with Crippen LogP contribution in [0.3, 0.4) is 0 Å². The maximum atomic E-state index is 8.82. The average molecular weight is 282 g/mol. The monoisotopic (exact) mass is 281 g/mol. The van der Waals surface area contributed by atoms with E-state index in [0.717, 1.165) is 36.2 Å². The zero-order valence-corrected chi connectivity index (χ0v) is 11.0. The molecule has 1 rings (SSSR count). The summed E-state index contributed by atoms with van der Waals surface area (Å²) in [6, 6.07) is 7.76. The van der Waals surface area contributed by atoms with Gasteiger partial charge in [0.1, 0.15) is 0 Å². The molecule has 1 aromatic rings. The summed E-state index contributed by atoms with van der Waals surface area (Å²) in [5, 5.41) is 15.4. The number of anilines is 1. The molecule has 16 heavy (non-hydrogen) atoms. The van der Waals surface area contributed by atoms with Crippen molar-refractivity contribution in [2.45, 2.75) is 13.3 Å². The molecule has 0 aromatic heterocycles. The van der Waals surface area contributed by atoms with Gasteiger partial charge in [-0.25, -0.2) is 0 Å². The van der Waals surface area contributed by atoms with Gasteiger partial charge in [-0.1, -0.05) is 22.9 Å². The molecule has 0 saturated carbocycles. The van der Waals surface area contributed by atoms with E-state index in [-0.39, 0.29) is 0 Å². The molecule has 3 nitrogen and oxygen atoms in total. The van der Waals surface area contributed by atoms with E-state index in [1.165, 1.54) is 0 Å². The molecule has 0 amide bonds. The van der Waals surface area contributed by atoms with Crippen molar-refractivity contribution in [1.29, 1.82) is 5.26 Å². The molecule has 0 spiro atoms. The van der Waals surface area contributed by atoms with Gasteiger partial charge in [0.25, 0.3) is 0 Å². The van der Waals surface area contributed by atoms with Crippen molar-refractivity contribution in [3.8, 4) is 6.07 Å². The van der Waals surface area contributed by atoms with E-state index < -0.39 is 0 Å². The van der Waals surface area contributed by atoms with Crippen LogP contribution in [-0.2, 0) is 0 Å². The summed E-state index contributed by atoms with van der Waals surface area (Å²) < 4.78 is 0.926. The molecular weight excluding hydrogens is 266 g/mol. The zero-order valence-electron chi connectivity index (χ0n) is 9.39. The SMILES string of the molecule is CCCNCCNc1cc(Br)cc(C#N)c1. The van der Waals surface area contributed by atoms with Crippen LogP contribution < -0.4 is 10.6 Å². The number of rotatable bonds is 6. The van der Waals surface area contributed by atoms with Gasteiger partial charge in [0.2, 0.25) is 0 Å². The van der Waals surface area contributed by atoms with Gasteiger partial charge in [-0.3, -0.25) is 0 Å². The Morgan fingerprint density at radius 2 is 2.06 bits per heavy atom. The number of nitriles is 1. The van der Waals surface area contributed by atoms with Crippen molar-refractivity contribution in [2.75, 3.05) is 25.0 Å². The van der Waals surface area contributed by atoms with Gasteiger partial charge in [-0.2, -0.15) is 5.26 Å². The Morgan fingerprint density at radius 1 is 1.25 bits per heavy atom. The molecule has 0 fully saturated rings. The minimum Gasteiger partial charge on any atom is -0.384 e. The Balaban J connectivity index is 2.42. The van der Waals surface area contributed by atoms with E-state index >= 15 is 0 Å². The number of hydrogen-bond acceptors (Lipinski definition) is 3. The van der Waals surface area contributed by atoms with Gasteiger partial charge in [0.15, 0.2) is 0 Å². The van der Waals surface area contributed by atoms with Crippen molar-refractivity contribution in [2.24, 2.45) is 0 Å². The molecule has 0 bridgehead atoms. The van der Waals surface area contributed by atoms with Crippen molar-refractivity contribution in [3.05, 3.63) is 28.2 Å². The molecule has 0 aliphatic rings. The Kier molecular flexibility index (Phi) is 5.91. The first kappa shape index (κ1) is 13.0. The zero-order chi connectivity index (χ0) is 11.8. The van der Waals surface area contributed by atoms with Crippen LogP contribution in [0.1, 0.15) is 18.9 Å². The van der Waals surface area contributed by atoms with E-state index in [4.69, 9.17) is 5.26 Å². The van der Waals surface area contributed by atoms with Crippen molar-refractivity contribution >= 4 is 21.6 Å². The highest BCUT2D eigenvalue weighted by atomic mass is 79.9. The van der Waals surface area contributed by atoms with E-state index in [9.17, 15) is 0 Å². The van der Waals surface area contributed by atoms with Crippen LogP contribution in [-0.4, -0.2) is 19.6 Å². The van der Waals surface area contributed by atoms with Gasteiger partial charge >= 0.3 is 0 Å². The molecule has 0 aliphatic carbocycles. The number of nitrogens with zero attached hydrogens (tertiary/aromatic N) is 1. The summed E-state index contributed by atoms with van der Waals surface area (Å²) in [6.45, 7) is 4.99. The van der Waals surface area contributed by atoms with Crippen LogP contribution in [0.25, 0.3) is 0 Å². The summed E-state index contributed by atoms with van der Waals surface area (Å²) in [6.07, 6.45) is 1.15. The van der Waals surface area contributed by atoms with Crippen LogP contribution in [0.15, 0.2) is 22.7 Å². The van der Waals surface area contributed by atoms with Gasteiger partial charge in [-0.15, -0.1) is 0 Å². The average Bonchev–Trinajstić information content (AvgIpc) is 2.28. The van der Waals surface area contributed by atoms with Gasteiger partial charge < -0.3 is 10.6 Å². The lowest BCUT2D eigenvalue weighted by atomic mass is 10.2. The third-order valence-electron chi connectivity index (χ3n) is 2.08. The highest BCUT2D eigenvalue weighted by Crippen LogP contribution is 2.18. The predicted molar refractivity (Wildman–Crippen MR) is 70.5 cm³/mol. The van der Waals surface area contributed by atoms with Crippen molar-refractivity contribution in [3.63, 3.8) is 0 Å². The normalized spacial score (nSPS) is 9.81. The number of halogens is 1. The fraction of sp³-hybridized carbons (Fsp3) is 0.417. The van der Waals surface area contributed by atoms with E-state index in [0.29, 0.717) is 5.56 Å². The summed E-state index contributed by atoms with van der Waals surface area (Å²) >= 11 is 3.38. The first-order valence-corrected chi connectivity index (χ1v) is 6.21. The third-order valence-corrected chi connectivity index (χ3v) is 2.54. The Hall–Kier alpha value is -1.05. The standard InChI is InChI=1S/C12H16BrN3/c1-2-3-15-4-5-16-12-7-10(9-14)6-11(13)8-12/h6-8,15-16H,2-5H2,1H3. The summed E-state index contributed by atoms with van der Waals surface area (Å²) in [5.74, 6) is 0.